The summed E-state index contributed by atoms with van der Waals surface area (Å²) in [7, 11) is 1.62. The van der Waals surface area contributed by atoms with Crippen LogP contribution in [0.3, 0.4) is 0 Å². The molecule has 14 heteroatoms. The van der Waals surface area contributed by atoms with Gasteiger partial charge in [0.1, 0.15) is 0 Å². The van der Waals surface area contributed by atoms with Gasteiger partial charge in [0.2, 0.25) is 0 Å². The number of nitrogens with one attached hydrogen (secondary N) is 1. The Labute approximate surface area is 235 Å². The Morgan fingerprint density at radius 3 is 1.36 bits per heavy atom. The zero-order valence-corrected chi connectivity index (χ0v) is 25.9. The van der Waals surface area contributed by atoms with E-state index < -0.39 is 26.5 Å². The molecule has 0 saturated carbocycles. The van der Waals surface area contributed by atoms with Gasteiger partial charge in [-0.15, -0.1) is 0 Å². The summed E-state index contributed by atoms with van der Waals surface area (Å²) in [4.78, 5) is 26.7. The zero-order valence-electron chi connectivity index (χ0n) is 18.9. The molecule has 0 amide bonds. The molecule has 0 saturated heterocycles. The van der Waals surface area contributed by atoms with Crippen LogP contribution in [0.2, 0.25) is 12.6 Å². The smallest absolute Gasteiger partial charge is 0.550 e. The van der Waals surface area contributed by atoms with E-state index in [4.69, 9.17) is 44.3 Å². The fraction of sp³-hybridized carbons (Fsp3) is 0.786. The van der Waals surface area contributed by atoms with Gasteiger partial charge in [0.25, 0.3) is 0 Å². The summed E-state index contributed by atoms with van der Waals surface area (Å²) in [5.74, 6) is -3.25. The minimum absolute atomic E-state index is 0. The summed E-state index contributed by atoms with van der Waals surface area (Å²) >= 11 is 0. The van der Waals surface area contributed by atoms with Crippen LogP contribution in [0.5, 0.6) is 0 Å². The van der Waals surface area contributed by atoms with Crippen LogP contribution in [0.15, 0.2) is 0 Å². The molecule has 0 aromatic rings. The molecular weight excluding hydrogens is 421 g/mol. The molecule has 0 unspecified atom stereocenters. The maximum Gasteiger partial charge on any atom is 1.00 e. The summed E-state index contributed by atoms with van der Waals surface area (Å²) in [6.07, 6.45) is 1.09. The number of carboxylic acid groups (broad SMARTS) is 3. The third-order valence-corrected chi connectivity index (χ3v) is 5.16. The molecule has 0 aromatic carbocycles. The van der Waals surface area contributed by atoms with Gasteiger partial charge < -0.3 is 49.6 Å². The van der Waals surface area contributed by atoms with Crippen LogP contribution in [0.4, 0.5) is 0 Å². The monoisotopic (exact) mass is 452 g/mol. The molecule has 3 N–H and O–H groups in total. The number of carbonyl (C=O) groups is 3. The van der Waals surface area contributed by atoms with Gasteiger partial charge >= 0.3 is 97.2 Å². The largest absolute Gasteiger partial charge is 1.00 e. The molecule has 0 atom stereocenters. The molecule has 10 nitrogen and oxygen atoms in total. The van der Waals surface area contributed by atoms with Crippen molar-refractivity contribution in [3.8, 4) is 0 Å². The number of hydrogen-bond acceptors (Lipinski definition) is 10. The summed E-state index contributed by atoms with van der Waals surface area (Å²) in [6.45, 7) is 7.57. The predicted octanol–water partition coefficient (Wildman–Crippen LogP) is -12.4. The maximum atomic E-state index is 8.89. The van der Waals surface area contributed by atoms with E-state index in [2.05, 4.69) is 11.9 Å². The average molecular weight is 452 g/mol. The molecule has 0 aromatic heterocycles. The SMILES string of the molecule is CC(=O)[O-].CC(=O)[O-].CC(=O)[O-].CO[Si](C)(CCCNCCN)OC.[Na+].[Na+].[Na+]. The van der Waals surface area contributed by atoms with Gasteiger partial charge in [-0.3, -0.25) is 0 Å². The van der Waals surface area contributed by atoms with Crippen LogP contribution in [0.25, 0.3) is 0 Å². The number of aliphatic carboxylic acids is 3. The molecule has 28 heavy (non-hydrogen) atoms. The molecule has 0 rings (SSSR count). The topological polar surface area (TPSA) is 177 Å². The van der Waals surface area contributed by atoms with Crippen molar-refractivity contribution < 1.29 is 127 Å². The molecule has 152 valence electrons. The number of nitrogens with two attached hydrogens (primary N) is 1. The fourth-order valence-corrected chi connectivity index (χ4v) is 2.44. The van der Waals surface area contributed by atoms with Crippen LogP contribution >= 0.6 is 0 Å². The van der Waals surface area contributed by atoms with Gasteiger partial charge in [-0.1, -0.05) is 0 Å². The van der Waals surface area contributed by atoms with Crippen LogP contribution in [0, 0.1) is 0 Å². The van der Waals surface area contributed by atoms with E-state index in [0.717, 1.165) is 46.3 Å². The number of carboxylic acids is 3. The molecule has 0 aliphatic heterocycles. The number of rotatable bonds is 8. The predicted molar refractivity (Wildman–Crippen MR) is 89.0 cm³/mol. The second-order valence-corrected chi connectivity index (χ2v) is 8.24. The summed E-state index contributed by atoms with van der Waals surface area (Å²) < 4.78 is 10.7. The standard InChI is InChI=1S/C8H22N2O2Si.3C2H4O2.3Na/c1-11-13(3,12-2)8-4-6-10-7-5-9;3*1-2(3)4;;;/h10H,4-9H2,1-3H3;3*1H3,(H,3,4);;;/q;;;;3*+1/p-3. The third-order valence-electron chi connectivity index (χ3n) is 2.17. The molecule has 0 aliphatic rings. The quantitative estimate of drug-likeness (QED) is 0.265. The van der Waals surface area contributed by atoms with Gasteiger partial charge in [-0.25, -0.2) is 0 Å². The first kappa shape index (κ1) is 47.3. The van der Waals surface area contributed by atoms with E-state index >= 15 is 0 Å². The van der Waals surface area contributed by atoms with Gasteiger partial charge in [-0.05, 0) is 46.3 Å². The third kappa shape index (κ3) is 80.4. The van der Waals surface area contributed by atoms with E-state index in [9.17, 15) is 0 Å². The van der Waals surface area contributed by atoms with Crippen molar-refractivity contribution in [1.82, 2.24) is 5.32 Å². The van der Waals surface area contributed by atoms with Crippen molar-refractivity contribution in [2.24, 2.45) is 5.73 Å². The zero-order chi connectivity index (χ0) is 20.9. The maximum absolute atomic E-state index is 8.89. The Hall–Kier alpha value is 1.47. The van der Waals surface area contributed by atoms with E-state index in [-0.39, 0.29) is 88.7 Å². The molecule has 0 heterocycles. The van der Waals surface area contributed by atoms with E-state index in [1.54, 1.807) is 14.2 Å². The summed E-state index contributed by atoms with van der Waals surface area (Å²) in [6, 6.07) is 1.03. The Bertz CT molecular complexity index is 312. The van der Waals surface area contributed by atoms with Crippen molar-refractivity contribution in [2.75, 3.05) is 33.9 Å². The molecule has 0 fully saturated rings. The minimum atomic E-state index is -1.83. The van der Waals surface area contributed by atoms with Crippen molar-refractivity contribution in [2.45, 2.75) is 39.8 Å². The van der Waals surface area contributed by atoms with Crippen molar-refractivity contribution >= 4 is 26.5 Å². The number of carbonyl (C=O) groups excluding carboxylic acids is 3. The van der Waals surface area contributed by atoms with Crippen LogP contribution in [-0.2, 0) is 23.2 Å². The normalized spacial score (nSPS) is 8.25. The van der Waals surface area contributed by atoms with Crippen molar-refractivity contribution in [1.29, 1.82) is 0 Å². The second-order valence-electron chi connectivity index (χ2n) is 4.66. The molecule has 0 aliphatic carbocycles. The van der Waals surface area contributed by atoms with Gasteiger partial charge in [0.05, 0.1) is 0 Å². The van der Waals surface area contributed by atoms with E-state index in [1.165, 1.54) is 0 Å². The minimum Gasteiger partial charge on any atom is -0.550 e. The van der Waals surface area contributed by atoms with Gasteiger partial charge in [0.15, 0.2) is 0 Å². The summed E-state index contributed by atoms with van der Waals surface area (Å²) in [5, 5.41) is 29.9. The first-order valence-electron chi connectivity index (χ1n) is 7.42. The van der Waals surface area contributed by atoms with Crippen LogP contribution in [0.1, 0.15) is 27.2 Å². The molecule has 0 spiro atoms. The Kier molecular flexibility index (Phi) is 60.6. The first-order chi connectivity index (χ1) is 11.4. The van der Waals surface area contributed by atoms with Gasteiger partial charge in [-0.2, -0.15) is 0 Å². The first-order valence-corrected chi connectivity index (χ1v) is 9.94. The molecule has 0 radical (unpaired) electrons. The Balaban J connectivity index is -0.0000000493. The molecule has 0 bridgehead atoms. The Morgan fingerprint density at radius 1 is 0.857 bits per heavy atom. The Morgan fingerprint density at radius 2 is 1.14 bits per heavy atom. The van der Waals surface area contributed by atoms with Crippen LogP contribution in [-0.4, -0.2) is 60.3 Å². The van der Waals surface area contributed by atoms with E-state index in [0.29, 0.717) is 6.54 Å². The summed E-state index contributed by atoms with van der Waals surface area (Å²) in [5.41, 5.74) is 5.35. The van der Waals surface area contributed by atoms with Crippen molar-refractivity contribution in [3.05, 3.63) is 0 Å². The average Bonchev–Trinajstić information content (AvgIpc) is 2.45. The van der Waals surface area contributed by atoms with Crippen molar-refractivity contribution in [3.63, 3.8) is 0 Å². The number of hydrogen-bond donors (Lipinski definition) is 2. The second kappa shape index (κ2) is 35.9. The molecular formula is C14H31N2Na3O8Si. The fourth-order valence-electron chi connectivity index (χ4n) is 1.05. The van der Waals surface area contributed by atoms with E-state index in [1.807, 2.05) is 0 Å². The van der Waals surface area contributed by atoms with Crippen LogP contribution < -0.4 is 115 Å². The van der Waals surface area contributed by atoms with Gasteiger partial charge in [0, 0.05) is 45.2 Å².